The van der Waals surface area contributed by atoms with Crippen LogP contribution in [0.5, 0.6) is 0 Å². The lowest BCUT2D eigenvalue weighted by molar-refractivity contribution is 0.0814. The Bertz CT molecular complexity index is 593. The van der Waals surface area contributed by atoms with E-state index in [1.165, 1.54) is 4.70 Å². The Morgan fingerprint density at radius 3 is 2.80 bits per heavy atom. The van der Waals surface area contributed by atoms with Gasteiger partial charge in [0.1, 0.15) is 0 Å². The number of rotatable bonds is 3. The summed E-state index contributed by atoms with van der Waals surface area (Å²) in [5.41, 5.74) is 1.01. The summed E-state index contributed by atoms with van der Waals surface area (Å²) in [6, 6.07) is 5.88. The predicted octanol–water partition coefficient (Wildman–Crippen LogP) is 2.84. The average molecular weight is 311 g/mol. The van der Waals surface area contributed by atoms with E-state index in [9.17, 15) is 5.11 Å². The van der Waals surface area contributed by atoms with Gasteiger partial charge in [0.15, 0.2) is 0 Å². The molecule has 108 valence electrons. The van der Waals surface area contributed by atoms with Gasteiger partial charge in [-0.05, 0) is 36.0 Å². The standard InChI is InChI=1S/C15H19ClN2OS/c1-17-4-6-18(7-5-17)9-14(19)13-10-20-15-3-2-11(16)8-12(13)15/h2-3,8,10,14,19H,4-7,9H2,1H3. The van der Waals surface area contributed by atoms with Crippen LogP contribution in [0.2, 0.25) is 5.02 Å². The summed E-state index contributed by atoms with van der Waals surface area (Å²) in [7, 11) is 2.14. The highest BCUT2D eigenvalue weighted by molar-refractivity contribution is 7.17. The van der Waals surface area contributed by atoms with Gasteiger partial charge in [0.2, 0.25) is 0 Å². The van der Waals surface area contributed by atoms with E-state index in [2.05, 4.69) is 22.2 Å². The molecule has 1 aromatic heterocycles. The Morgan fingerprint density at radius 1 is 1.30 bits per heavy atom. The van der Waals surface area contributed by atoms with Crippen molar-refractivity contribution in [1.82, 2.24) is 9.80 Å². The molecule has 3 rings (SSSR count). The minimum Gasteiger partial charge on any atom is -0.387 e. The summed E-state index contributed by atoms with van der Waals surface area (Å²) in [6.07, 6.45) is -0.439. The van der Waals surface area contributed by atoms with Crippen LogP contribution in [0.4, 0.5) is 0 Å². The van der Waals surface area contributed by atoms with Gasteiger partial charge < -0.3 is 10.0 Å². The van der Waals surface area contributed by atoms with Crippen molar-refractivity contribution in [3.8, 4) is 0 Å². The molecule has 0 spiro atoms. The second-order valence-corrected chi connectivity index (χ2v) is 6.80. The van der Waals surface area contributed by atoms with E-state index < -0.39 is 6.10 Å². The number of benzene rings is 1. The van der Waals surface area contributed by atoms with Gasteiger partial charge in [0, 0.05) is 48.0 Å². The largest absolute Gasteiger partial charge is 0.387 e. The molecule has 1 unspecified atom stereocenters. The molecule has 1 saturated heterocycles. The molecule has 1 fully saturated rings. The maximum Gasteiger partial charge on any atom is 0.0930 e. The number of likely N-dealkylation sites (N-methyl/N-ethyl adjacent to an activating group) is 1. The highest BCUT2D eigenvalue weighted by Gasteiger charge is 2.20. The third-order valence-electron chi connectivity index (χ3n) is 3.95. The van der Waals surface area contributed by atoms with Crippen molar-refractivity contribution in [3.05, 3.63) is 34.2 Å². The Balaban J connectivity index is 1.75. The van der Waals surface area contributed by atoms with Crippen LogP contribution in [0.3, 0.4) is 0 Å². The summed E-state index contributed by atoms with van der Waals surface area (Å²) in [6.45, 7) is 4.89. The second-order valence-electron chi connectivity index (χ2n) is 5.45. The molecule has 1 aliphatic heterocycles. The summed E-state index contributed by atoms with van der Waals surface area (Å²) < 4.78 is 1.18. The van der Waals surface area contributed by atoms with Crippen molar-refractivity contribution in [2.24, 2.45) is 0 Å². The minimum absolute atomic E-state index is 0.439. The van der Waals surface area contributed by atoms with E-state index in [-0.39, 0.29) is 0 Å². The molecule has 3 nitrogen and oxygen atoms in total. The second kappa shape index (κ2) is 6.00. The Hall–Kier alpha value is -0.650. The molecule has 1 N–H and O–H groups in total. The zero-order valence-electron chi connectivity index (χ0n) is 11.6. The first-order valence-corrected chi connectivity index (χ1v) is 8.15. The lowest BCUT2D eigenvalue weighted by Gasteiger charge is -2.33. The minimum atomic E-state index is -0.439. The third kappa shape index (κ3) is 3.00. The van der Waals surface area contributed by atoms with Crippen LogP contribution in [-0.2, 0) is 0 Å². The first-order valence-electron chi connectivity index (χ1n) is 6.89. The number of hydrogen-bond acceptors (Lipinski definition) is 4. The van der Waals surface area contributed by atoms with E-state index in [1.807, 2.05) is 18.2 Å². The van der Waals surface area contributed by atoms with Crippen LogP contribution in [0, 0.1) is 0 Å². The van der Waals surface area contributed by atoms with Gasteiger partial charge in [-0.1, -0.05) is 11.6 Å². The number of halogens is 1. The zero-order chi connectivity index (χ0) is 14.1. The quantitative estimate of drug-likeness (QED) is 0.944. The topological polar surface area (TPSA) is 26.7 Å². The van der Waals surface area contributed by atoms with Gasteiger partial charge in [-0.2, -0.15) is 0 Å². The Morgan fingerprint density at radius 2 is 2.05 bits per heavy atom. The maximum absolute atomic E-state index is 10.5. The molecule has 2 heterocycles. The highest BCUT2D eigenvalue weighted by atomic mass is 35.5. The first kappa shape index (κ1) is 14.3. The molecule has 0 radical (unpaired) electrons. The normalized spacial score (nSPS) is 19.6. The van der Waals surface area contributed by atoms with Crippen molar-refractivity contribution < 1.29 is 5.11 Å². The molecular weight excluding hydrogens is 292 g/mol. The lowest BCUT2D eigenvalue weighted by atomic mass is 10.1. The fourth-order valence-electron chi connectivity index (χ4n) is 2.65. The van der Waals surface area contributed by atoms with Crippen LogP contribution < -0.4 is 0 Å². The van der Waals surface area contributed by atoms with Gasteiger partial charge in [-0.25, -0.2) is 0 Å². The van der Waals surface area contributed by atoms with Gasteiger partial charge in [0.05, 0.1) is 6.10 Å². The highest BCUT2D eigenvalue weighted by Crippen LogP contribution is 2.32. The molecular formula is C15H19ClN2OS. The molecule has 0 bridgehead atoms. The summed E-state index contributed by atoms with van der Waals surface area (Å²) in [5.74, 6) is 0. The van der Waals surface area contributed by atoms with Gasteiger partial charge >= 0.3 is 0 Å². The Labute approximate surface area is 128 Å². The van der Waals surface area contributed by atoms with Crippen LogP contribution in [-0.4, -0.2) is 54.7 Å². The molecule has 0 saturated carbocycles. The van der Waals surface area contributed by atoms with Crippen molar-refractivity contribution in [2.45, 2.75) is 6.10 Å². The molecule has 5 heteroatoms. The molecule has 20 heavy (non-hydrogen) atoms. The van der Waals surface area contributed by atoms with Crippen LogP contribution >= 0.6 is 22.9 Å². The van der Waals surface area contributed by atoms with Crippen molar-refractivity contribution >= 4 is 33.0 Å². The predicted molar refractivity (Wildman–Crippen MR) is 85.7 cm³/mol. The van der Waals surface area contributed by atoms with Crippen molar-refractivity contribution in [1.29, 1.82) is 0 Å². The Kier molecular flexibility index (Phi) is 4.29. The van der Waals surface area contributed by atoms with E-state index in [0.29, 0.717) is 6.54 Å². The molecule has 0 aliphatic carbocycles. The molecule has 0 amide bonds. The monoisotopic (exact) mass is 310 g/mol. The number of piperazine rings is 1. The van der Waals surface area contributed by atoms with Gasteiger partial charge in [-0.3, -0.25) is 4.90 Å². The SMILES string of the molecule is CN1CCN(CC(O)c2csc3ccc(Cl)cc23)CC1. The number of nitrogens with zero attached hydrogens (tertiary/aromatic N) is 2. The number of β-amino-alcohol motifs (C(OH)–C–C–N with tert-alkyl or cyclic N) is 1. The van der Waals surface area contributed by atoms with Gasteiger partial charge in [0.25, 0.3) is 0 Å². The van der Waals surface area contributed by atoms with Crippen LogP contribution in [0.1, 0.15) is 11.7 Å². The van der Waals surface area contributed by atoms with E-state index in [1.54, 1.807) is 11.3 Å². The first-order chi connectivity index (χ1) is 9.63. The van der Waals surface area contributed by atoms with Crippen molar-refractivity contribution in [2.75, 3.05) is 39.8 Å². The van der Waals surface area contributed by atoms with Crippen LogP contribution in [0.25, 0.3) is 10.1 Å². The average Bonchev–Trinajstić information content (AvgIpc) is 2.84. The smallest absolute Gasteiger partial charge is 0.0930 e. The lowest BCUT2D eigenvalue weighted by Crippen LogP contribution is -2.45. The molecule has 1 aliphatic rings. The molecule has 1 aromatic carbocycles. The van der Waals surface area contributed by atoms with E-state index in [4.69, 9.17) is 11.6 Å². The molecule has 2 aromatic rings. The number of aliphatic hydroxyl groups excluding tert-OH is 1. The van der Waals surface area contributed by atoms with E-state index >= 15 is 0 Å². The maximum atomic E-state index is 10.5. The third-order valence-corrected chi connectivity index (χ3v) is 5.17. The summed E-state index contributed by atoms with van der Waals surface area (Å²) in [5, 5.41) is 14.4. The number of fused-ring (bicyclic) bond motifs is 1. The zero-order valence-corrected chi connectivity index (χ0v) is 13.1. The molecule has 1 atom stereocenters. The fourth-order valence-corrected chi connectivity index (χ4v) is 3.81. The van der Waals surface area contributed by atoms with Crippen LogP contribution in [0.15, 0.2) is 23.6 Å². The van der Waals surface area contributed by atoms with Crippen molar-refractivity contribution in [3.63, 3.8) is 0 Å². The number of aliphatic hydroxyl groups is 1. The summed E-state index contributed by atoms with van der Waals surface area (Å²) in [4.78, 5) is 4.65. The van der Waals surface area contributed by atoms with Gasteiger partial charge in [-0.15, -0.1) is 11.3 Å². The summed E-state index contributed by atoms with van der Waals surface area (Å²) >= 11 is 7.74. The number of hydrogen-bond donors (Lipinski definition) is 1. The fraction of sp³-hybridized carbons (Fsp3) is 0.467. The number of thiophene rings is 1. The van der Waals surface area contributed by atoms with E-state index in [0.717, 1.165) is 42.2 Å².